The first kappa shape index (κ1) is 15.3. The van der Waals surface area contributed by atoms with Gasteiger partial charge in [0.05, 0.1) is 6.54 Å². The average molecular weight is 326 g/mol. The summed E-state index contributed by atoms with van der Waals surface area (Å²) >= 11 is 0. The molecule has 0 bridgehead atoms. The van der Waals surface area contributed by atoms with Crippen LogP contribution in [0, 0.1) is 0 Å². The molecule has 1 unspecified atom stereocenters. The minimum atomic E-state index is -4.62. The number of hydrogen-bond acceptors (Lipinski definition) is 4. The number of aromatic nitrogens is 3. The molecular weight excluding hydrogens is 313 g/mol. The van der Waals surface area contributed by atoms with Crippen LogP contribution in [0.1, 0.15) is 34.5 Å². The molecule has 0 saturated heterocycles. The van der Waals surface area contributed by atoms with E-state index in [1.165, 1.54) is 0 Å². The first-order valence-corrected chi connectivity index (χ1v) is 6.89. The Hall–Kier alpha value is -2.58. The summed E-state index contributed by atoms with van der Waals surface area (Å²) in [7, 11) is 0. The van der Waals surface area contributed by atoms with Crippen LogP contribution in [-0.2, 0) is 19.1 Å². The Morgan fingerprint density at radius 1 is 1.48 bits per heavy atom. The van der Waals surface area contributed by atoms with Gasteiger partial charge in [-0.25, -0.2) is 4.98 Å². The highest BCUT2D eigenvalue weighted by molar-refractivity contribution is 5.94. The molecule has 0 fully saturated rings. The molecule has 2 N–H and O–H groups in total. The van der Waals surface area contributed by atoms with Crippen molar-refractivity contribution in [2.24, 2.45) is 0 Å². The number of benzene rings is 1. The zero-order valence-electron chi connectivity index (χ0n) is 12.1. The molecule has 3 rings (SSSR count). The molecule has 0 aliphatic carbocycles. The monoisotopic (exact) mass is 326 g/mol. The SMILES string of the molecule is CC1Cc2cc(C(=O)NCc3nc(C(F)(F)F)n[nH]3)ccc2O1. The van der Waals surface area contributed by atoms with E-state index in [9.17, 15) is 18.0 Å². The topological polar surface area (TPSA) is 79.9 Å². The maximum atomic E-state index is 12.4. The van der Waals surface area contributed by atoms with Gasteiger partial charge in [0.1, 0.15) is 17.7 Å². The summed E-state index contributed by atoms with van der Waals surface area (Å²) in [5, 5.41) is 7.72. The molecule has 2 heterocycles. The third-order valence-corrected chi connectivity index (χ3v) is 3.36. The molecule has 0 spiro atoms. The second-order valence-electron chi connectivity index (χ2n) is 5.24. The number of carbonyl (C=O) groups is 1. The molecule has 0 saturated carbocycles. The molecule has 6 nitrogen and oxygen atoms in total. The summed E-state index contributed by atoms with van der Waals surface area (Å²) in [6, 6.07) is 5.04. The first-order chi connectivity index (χ1) is 10.8. The fourth-order valence-corrected chi connectivity index (χ4v) is 2.33. The zero-order valence-corrected chi connectivity index (χ0v) is 12.1. The second-order valence-corrected chi connectivity index (χ2v) is 5.24. The number of nitrogens with zero attached hydrogens (tertiary/aromatic N) is 2. The maximum Gasteiger partial charge on any atom is 0.453 e. The highest BCUT2D eigenvalue weighted by Gasteiger charge is 2.36. The van der Waals surface area contributed by atoms with E-state index >= 15 is 0 Å². The number of ether oxygens (including phenoxy) is 1. The predicted molar refractivity (Wildman–Crippen MR) is 72.8 cm³/mol. The van der Waals surface area contributed by atoms with Crippen LogP contribution in [-0.4, -0.2) is 27.2 Å². The van der Waals surface area contributed by atoms with E-state index in [1.807, 2.05) is 6.92 Å². The lowest BCUT2D eigenvalue weighted by Crippen LogP contribution is -2.23. The van der Waals surface area contributed by atoms with Gasteiger partial charge in [-0.05, 0) is 30.7 Å². The summed E-state index contributed by atoms with van der Waals surface area (Å²) in [4.78, 5) is 15.4. The Balaban J connectivity index is 1.64. The molecule has 9 heteroatoms. The minimum absolute atomic E-state index is 0.0659. The van der Waals surface area contributed by atoms with Gasteiger partial charge in [-0.15, -0.1) is 5.10 Å². The molecule has 1 amide bonds. The van der Waals surface area contributed by atoms with Gasteiger partial charge in [0, 0.05) is 12.0 Å². The number of amides is 1. The summed E-state index contributed by atoms with van der Waals surface area (Å²) in [5.41, 5.74) is 1.35. The number of aromatic amines is 1. The fraction of sp³-hybridized carbons (Fsp3) is 0.357. The van der Waals surface area contributed by atoms with Crippen LogP contribution >= 0.6 is 0 Å². The molecule has 0 radical (unpaired) electrons. The minimum Gasteiger partial charge on any atom is -0.490 e. The smallest absolute Gasteiger partial charge is 0.453 e. The molecule has 2 aromatic rings. The fourth-order valence-electron chi connectivity index (χ4n) is 2.33. The van der Waals surface area contributed by atoms with Gasteiger partial charge in [-0.2, -0.15) is 13.2 Å². The van der Waals surface area contributed by atoms with Crippen molar-refractivity contribution < 1.29 is 22.7 Å². The summed E-state index contributed by atoms with van der Waals surface area (Å²) in [5.74, 6) is -0.981. The van der Waals surface area contributed by atoms with Crippen LogP contribution in [0.15, 0.2) is 18.2 Å². The van der Waals surface area contributed by atoms with Gasteiger partial charge in [-0.3, -0.25) is 9.89 Å². The lowest BCUT2D eigenvalue weighted by molar-refractivity contribution is -0.144. The zero-order chi connectivity index (χ0) is 16.6. The lowest BCUT2D eigenvalue weighted by atomic mass is 10.1. The van der Waals surface area contributed by atoms with Crippen molar-refractivity contribution >= 4 is 5.91 Å². The molecule has 1 aliphatic rings. The van der Waals surface area contributed by atoms with Crippen LogP contribution in [0.5, 0.6) is 5.75 Å². The van der Waals surface area contributed by atoms with Crippen molar-refractivity contribution in [3.8, 4) is 5.75 Å². The molecule has 1 aromatic carbocycles. The standard InChI is InChI=1S/C14H13F3N4O2/c1-7-4-9-5-8(2-3-10(9)23-7)12(22)18-6-11-19-13(21-20-11)14(15,16)17/h2-3,5,7H,4,6H2,1H3,(H,18,22)(H,19,20,21). The van der Waals surface area contributed by atoms with Crippen molar-refractivity contribution in [2.75, 3.05) is 0 Å². The van der Waals surface area contributed by atoms with Crippen LogP contribution < -0.4 is 10.1 Å². The number of carbonyl (C=O) groups excluding carboxylic acids is 1. The molecule has 1 aliphatic heterocycles. The summed E-state index contributed by atoms with van der Waals surface area (Å²) < 4.78 is 42.7. The van der Waals surface area contributed by atoms with E-state index in [1.54, 1.807) is 18.2 Å². The van der Waals surface area contributed by atoms with Crippen LogP contribution in [0.4, 0.5) is 13.2 Å². The number of H-pyrrole nitrogens is 1. The van der Waals surface area contributed by atoms with Crippen molar-refractivity contribution in [3.63, 3.8) is 0 Å². The van der Waals surface area contributed by atoms with Gasteiger partial charge in [0.2, 0.25) is 0 Å². The summed E-state index contributed by atoms with van der Waals surface area (Å²) in [6.45, 7) is 1.76. The number of fused-ring (bicyclic) bond motifs is 1. The average Bonchev–Trinajstić information content (AvgIpc) is 3.08. The van der Waals surface area contributed by atoms with Gasteiger partial charge in [0.15, 0.2) is 0 Å². The van der Waals surface area contributed by atoms with Crippen LogP contribution in [0.25, 0.3) is 0 Å². The van der Waals surface area contributed by atoms with E-state index in [4.69, 9.17) is 4.74 Å². The molecular formula is C14H13F3N4O2. The lowest BCUT2D eigenvalue weighted by Gasteiger charge is -2.05. The Morgan fingerprint density at radius 3 is 2.96 bits per heavy atom. The maximum absolute atomic E-state index is 12.4. The Bertz CT molecular complexity index is 742. The van der Waals surface area contributed by atoms with Crippen molar-refractivity contribution in [1.29, 1.82) is 0 Å². The van der Waals surface area contributed by atoms with E-state index in [0.717, 1.165) is 11.3 Å². The number of nitrogens with one attached hydrogen (secondary N) is 2. The van der Waals surface area contributed by atoms with Gasteiger partial charge in [0.25, 0.3) is 11.7 Å². The third-order valence-electron chi connectivity index (χ3n) is 3.36. The van der Waals surface area contributed by atoms with Crippen molar-refractivity contribution in [3.05, 3.63) is 41.0 Å². The Labute approximate surface area is 129 Å². The molecule has 23 heavy (non-hydrogen) atoms. The molecule has 122 valence electrons. The van der Waals surface area contributed by atoms with Crippen LogP contribution in [0.3, 0.4) is 0 Å². The highest BCUT2D eigenvalue weighted by Crippen LogP contribution is 2.29. The Kier molecular flexibility index (Phi) is 3.70. The van der Waals surface area contributed by atoms with Crippen molar-refractivity contribution in [1.82, 2.24) is 20.5 Å². The van der Waals surface area contributed by atoms with E-state index in [0.29, 0.717) is 12.0 Å². The predicted octanol–water partition coefficient (Wildman–Crippen LogP) is 2.08. The largest absolute Gasteiger partial charge is 0.490 e. The number of alkyl halides is 3. The number of hydrogen-bond donors (Lipinski definition) is 2. The van der Waals surface area contributed by atoms with Crippen LogP contribution in [0.2, 0.25) is 0 Å². The van der Waals surface area contributed by atoms with Crippen molar-refractivity contribution in [2.45, 2.75) is 32.2 Å². The van der Waals surface area contributed by atoms with E-state index < -0.39 is 17.9 Å². The summed E-state index contributed by atoms with van der Waals surface area (Å²) in [6.07, 6.45) is -3.83. The molecule has 1 atom stereocenters. The number of rotatable bonds is 3. The normalized spacial score (nSPS) is 16.8. The first-order valence-electron chi connectivity index (χ1n) is 6.89. The van der Waals surface area contributed by atoms with E-state index in [2.05, 4.69) is 20.5 Å². The van der Waals surface area contributed by atoms with Gasteiger partial charge in [-0.1, -0.05) is 0 Å². The quantitative estimate of drug-likeness (QED) is 0.905. The van der Waals surface area contributed by atoms with Gasteiger partial charge >= 0.3 is 6.18 Å². The Morgan fingerprint density at radius 2 is 2.26 bits per heavy atom. The highest BCUT2D eigenvalue weighted by atomic mass is 19.4. The molecule has 1 aromatic heterocycles. The van der Waals surface area contributed by atoms with Gasteiger partial charge < -0.3 is 10.1 Å². The second kappa shape index (κ2) is 5.56. The number of halogens is 3. The van der Waals surface area contributed by atoms with E-state index in [-0.39, 0.29) is 18.5 Å². The third kappa shape index (κ3) is 3.27.